The Balaban J connectivity index is 0.00000514. The molecule has 2 N–H and O–H groups in total. The summed E-state index contributed by atoms with van der Waals surface area (Å²) in [5.74, 6) is 0. The van der Waals surface area contributed by atoms with E-state index in [-0.39, 0.29) is 16.8 Å². The molecule has 0 saturated heterocycles. The van der Waals surface area contributed by atoms with E-state index in [1.807, 2.05) is 0 Å². The van der Waals surface area contributed by atoms with Gasteiger partial charge in [0.2, 0.25) is 0 Å². The molecule has 0 amide bonds. The fourth-order valence-electron chi connectivity index (χ4n) is 10.6. The van der Waals surface area contributed by atoms with Gasteiger partial charge in [0.25, 0.3) is 0 Å². The van der Waals surface area contributed by atoms with Gasteiger partial charge in [-0.15, -0.1) is 0 Å². The van der Waals surface area contributed by atoms with Crippen LogP contribution < -0.4 is 0 Å². The van der Waals surface area contributed by atoms with Gasteiger partial charge in [-0.1, -0.05) is 70.8 Å². The van der Waals surface area contributed by atoms with E-state index in [0.29, 0.717) is 0 Å². The molecule has 5 heteroatoms. The van der Waals surface area contributed by atoms with E-state index in [0.717, 1.165) is 67.1 Å². The van der Waals surface area contributed by atoms with Gasteiger partial charge in [-0.3, -0.25) is 0 Å². The van der Waals surface area contributed by atoms with Crippen molar-refractivity contribution in [3.63, 3.8) is 0 Å². The summed E-state index contributed by atoms with van der Waals surface area (Å²) < 4.78 is 0. The third-order valence-corrected chi connectivity index (χ3v) is 12.5. The van der Waals surface area contributed by atoms with Crippen LogP contribution in [-0.2, 0) is 16.8 Å². The van der Waals surface area contributed by atoms with Gasteiger partial charge in [0.15, 0.2) is 0 Å². The molecule has 305 valence electrons. The van der Waals surface area contributed by atoms with E-state index < -0.39 is 0 Å². The van der Waals surface area contributed by atoms with Gasteiger partial charge in [-0.05, 0) is 198 Å². The summed E-state index contributed by atoms with van der Waals surface area (Å²) in [7, 11) is 0. The van der Waals surface area contributed by atoms with Crippen LogP contribution in [0.4, 0.5) is 0 Å². The Morgan fingerprint density at radius 3 is 0.639 bits per heavy atom. The van der Waals surface area contributed by atoms with Crippen LogP contribution in [0.2, 0.25) is 0 Å². The van der Waals surface area contributed by atoms with Crippen molar-refractivity contribution in [2.75, 3.05) is 0 Å². The first-order valence-corrected chi connectivity index (χ1v) is 21.2. The zero-order valence-corrected chi connectivity index (χ0v) is 38.5. The Morgan fingerprint density at radius 1 is 0.279 bits per heavy atom. The average molecular weight is 842 g/mol. The average Bonchev–Trinajstić information content (AvgIpc) is 3.99. The van der Waals surface area contributed by atoms with Crippen molar-refractivity contribution in [3.05, 3.63) is 162 Å². The first-order valence-electron chi connectivity index (χ1n) is 21.2. The van der Waals surface area contributed by atoms with Crippen LogP contribution in [0.1, 0.15) is 89.5 Å². The third-order valence-electron chi connectivity index (χ3n) is 12.5. The van der Waals surface area contributed by atoms with Gasteiger partial charge in [0.1, 0.15) is 0 Å². The number of hydrogen-bond donors (Lipinski definition) is 2. The number of aryl methyl sites for hydroxylation is 12. The van der Waals surface area contributed by atoms with Crippen LogP contribution in [0.25, 0.3) is 90.9 Å². The smallest absolute Gasteiger partial charge is 0.354 e. The molecule has 0 aliphatic carbocycles. The second-order valence-electron chi connectivity index (χ2n) is 17.6. The number of nitrogens with one attached hydrogen (secondary N) is 2. The summed E-state index contributed by atoms with van der Waals surface area (Å²) in [6.07, 6.45) is 8.85. The van der Waals surface area contributed by atoms with Crippen molar-refractivity contribution >= 4 is 46.4 Å². The SMILES string of the molecule is Cc1cc(C)c(-c2c3nc(c(-c4c(C)cc(C)cc4C)c4ccc([nH]4)c(-c4c(C)cc(C)cc4C)c4nc(c(-c5c(C)cc(C)cc5C)c5ccc2[nH]5)C=C4)C=C3)c(C)c1.[Co+2]. The van der Waals surface area contributed by atoms with Crippen molar-refractivity contribution in [1.29, 1.82) is 0 Å². The maximum absolute atomic E-state index is 5.63. The molecular formula is C56H54CoN4+2. The van der Waals surface area contributed by atoms with Crippen LogP contribution in [0, 0.1) is 83.1 Å². The predicted molar refractivity (Wildman–Crippen MR) is 257 cm³/mol. The largest absolute Gasteiger partial charge is 2.00 e. The summed E-state index contributed by atoms with van der Waals surface area (Å²) >= 11 is 0. The fourth-order valence-corrected chi connectivity index (χ4v) is 10.6. The number of H-pyrrole nitrogens is 2. The molecule has 0 unspecified atom stereocenters. The van der Waals surface area contributed by atoms with E-state index in [9.17, 15) is 0 Å². The van der Waals surface area contributed by atoms with Crippen molar-refractivity contribution in [3.8, 4) is 44.5 Å². The Hall–Kier alpha value is -6.01. The molecule has 2 aliphatic heterocycles. The van der Waals surface area contributed by atoms with Crippen LogP contribution in [0.5, 0.6) is 0 Å². The maximum Gasteiger partial charge on any atom is 2.00 e. The van der Waals surface area contributed by atoms with Crippen molar-refractivity contribution < 1.29 is 16.8 Å². The Bertz CT molecular complexity index is 2710. The molecule has 0 spiro atoms. The minimum Gasteiger partial charge on any atom is -0.354 e. The van der Waals surface area contributed by atoms with Crippen molar-refractivity contribution in [2.24, 2.45) is 0 Å². The van der Waals surface area contributed by atoms with Gasteiger partial charge in [0, 0.05) is 44.3 Å². The maximum atomic E-state index is 5.63. The standard InChI is InChI=1S/C56H54N4.Co/c1-29-21-33(5)49(34(6)22-29)53-41-13-15-43(57-41)54(50-35(7)23-30(2)24-36(50)8)45-17-19-47(59-45)56(52-39(11)27-32(4)28-40(52)12)48-20-18-46(60-48)55(44-16-14-42(53)58-44)51-37(9)25-31(3)26-38(51)10;/h13-28,57,60H,1-12H3;/q;+2. The van der Waals surface area contributed by atoms with Crippen LogP contribution in [0.15, 0.2) is 72.8 Å². The molecule has 0 saturated carbocycles. The first-order chi connectivity index (χ1) is 28.7. The molecule has 7 aromatic rings. The van der Waals surface area contributed by atoms with Gasteiger partial charge in [-0.2, -0.15) is 0 Å². The molecule has 5 heterocycles. The van der Waals surface area contributed by atoms with E-state index in [1.54, 1.807) is 0 Å². The van der Waals surface area contributed by atoms with Gasteiger partial charge >= 0.3 is 16.8 Å². The number of aromatic amines is 2. The molecule has 2 aliphatic rings. The number of fused-ring (bicyclic) bond motifs is 8. The van der Waals surface area contributed by atoms with E-state index >= 15 is 0 Å². The number of benzene rings is 4. The second-order valence-corrected chi connectivity index (χ2v) is 17.6. The molecule has 9 rings (SSSR count). The molecule has 8 bridgehead atoms. The molecule has 3 aromatic heterocycles. The topological polar surface area (TPSA) is 57.4 Å². The molecule has 4 nitrogen and oxygen atoms in total. The Kier molecular flexibility index (Phi) is 10.8. The zero-order chi connectivity index (χ0) is 42.3. The van der Waals surface area contributed by atoms with Crippen molar-refractivity contribution in [1.82, 2.24) is 19.9 Å². The molecular weight excluding hydrogens is 788 g/mol. The number of aromatic nitrogens is 4. The van der Waals surface area contributed by atoms with Crippen LogP contribution >= 0.6 is 0 Å². The summed E-state index contributed by atoms with van der Waals surface area (Å²) in [5, 5.41) is 0. The van der Waals surface area contributed by atoms with Gasteiger partial charge < -0.3 is 9.97 Å². The molecule has 0 atom stereocenters. The van der Waals surface area contributed by atoms with Crippen LogP contribution in [0.3, 0.4) is 0 Å². The fraction of sp³-hybridized carbons (Fsp3) is 0.214. The summed E-state index contributed by atoms with van der Waals surface area (Å²) in [6, 6.07) is 27.3. The van der Waals surface area contributed by atoms with Gasteiger partial charge in [-0.25, -0.2) is 9.97 Å². The summed E-state index contributed by atoms with van der Waals surface area (Å²) in [6.45, 7) is 26.5. The second kappa shape index (κ2) is 15.8. The van der Waals surface area contributed by atoms with Crippen molar-refractivity contribution in [2.45, 2.75) is 83.1 Å². The molecule has 0 fully saturated rings. The first kappa shape index (κ1) is 41.7. The van der Waals surface area contributed by atoms with E-state index in [2.05, 4.69) is 190 Å². The normalized spacial score (nSPS) is 12.0. The minimum atomic E-state index is 0. The molecule has 4 aromatic carbocycles. The molecule has 1 radical (unpaired) electrons. The number of nitrogens with zero attached hydrogens (tertiary/aromatic N) is 2. The third kappa shape index (κ3) is 7.24. The molecule has 61 heavy (non-hydrogen) atoms. The Labute approximate surface area is 371 Å². The predicted octanol–water partition coefficient (Wildman–Crippen LogP) is 15.0. The minimum absolute atomic E-state index is 0. The summed E-state index contributed by atoms with van der Waals surface area (Å²) in [4.78, 5) is 19.2. The number of rotatable bonds is 4. The number of hydrogen-bond acceptors (Lipinski definition) is 2. The monoisotopic (exact) mass is 841 g/mol. The van der Waals surface area contributed by atoms with E-state index in [1.165, 1.54) is 89.0 Å². The van der Waals surface area contributed by atoms with Crippen LogP contribution in [-0.4, -0.2) is 19.9 Å². The Morgan fingerprint density at radius 2 is 0.459 bits per heavy atom. The summed E-state index contributed by atoms with van der Waals surface area (Å²) in [5.41, 5.74) is 31.8. The van der Waals surface area contributed by atoms with E-state index in [4.69, 9.17) is 9.97 Å². The quantitative estimate of drug-likeness (QED) is 0.185. The van der Waals surface area contributed by atoms with Gasteiger partial charge in [0.05, 0.1) is 22.8 Å². The zero-order valence-electron chi connectivity index (χ0n) is 37.5.